The third-order valence-corrected chi connectivity index (χ3v) is 4.36. The second-order valence-corrected chi connectivity index (χ2v) is 6.21. The monoisotopic (exact) mass is 362 g/mol. The summed E-state index contributed by atoms with van der Waals surface area (Å²) in [5.41, 5.74) is 0.246. The number of piperidine rings is 1. The Balaban J connectivity index is 1.66. The first-order chi connectivity index (χ1) is 12.4. The van der Waals surface area contributed by atoms with Gasteiger partial charge in [-0.25, -0.2) is 13.2 Å². The fourth-order valence-electron chi connectivity index (χ4n) is 2.98. The number of rotatable bonds is 3. The van der Waals surface area contributed by atoms with Crippen molar-refractivity contribution < 1.29 is 22.8 Å². The van der Waals surface area contributed by atoms with Crippen LogP contribution in [-0.4, -0.2) is 29.8 Å². The highest BCUT2D eigenvalue weighted by Crippen LogP contribution is 2.22. The number of likely N-dealkylation sites (tertiary alicyclic amines) is 1. The maximum atomic E-state index is 13.7. The first-order valence-corrected chi connectivity index (χ1v) is 8.25. The number of nitrogens with zero attached hydrogens (tertiary/aromatic N) is 1. The van der Waals surface area contributed by atoms with E-state index in [0.29, 0.717) is 31.0 Å². The summed E-state index contributed by atoms with van der Waals surface area (Å²) in [5.74, 6) is -3.22. The minimum absolute atomic E-state index is 0.0987. The summed E-state index contributed by atoms with van der Waals surface area (Å²) in [6.45, 7) is 0.676. The van der Waals surface area contributed by atoms with E-state index in [9.17, 15) is 22.8 Å². The van der Waals surface area contributed by atoms with Crippen LogP contribution >= 0.6 is 0 Å². The molecule has 0 saturated carbocycles. The van der Waals surface area contributed by atoms with E-state index in [-0.39, 0.29) is 18.1 Å². The lowest BCUT2D eigenvalue weighted by Crippen LogP contribution is -2.43. The van der Waals surface area contributed by atoms with E-state index in [1.807, 2.05) is 0 Å². The van der Waals surface area contributed by atoms with Gasteiger partial charge in [-0.1, -0.05) is 0 Å². The second kappa shape index (κ2) is 7.59. The van der Waals surface area contributed by atoms with Gasteiger partial charge in [0.2, 0.25) is 5.91 Å². The van der Waals surface area contributed by atoms with Crippen LogP contribution in [0.15, 0.2) is 42.5 Å². The second-order valence-electron chi connectivity index (χ2n) is 6.21. The zero-order valence-electron chi connectivity index (χ0n) is 13.8. The van der Waals surface area contributed by atoms with Crippen molar-refractivity contribution in [2.75, 3.05) is 18.4 Å². The molecule has 3 rings (SSSR count). The Morgan fingerprint density at radius 2 is 1.69 bits per heavy atom. The number of hydrogen-bond acceptors (Lipinski definition) is 2. The molecule has 1 aliphatic rings. The van der Waals surface area contributed by atoms with Gasteiger partial charge >= 0.3 is 0 Å². The van der Waals surface area contributed by atoms with Crippen LogP contribution in [0.3, 0.4) is 0 Å². The van der Waals surface area contributed by atoms with Crippen LogP contribution in [0.2, 0.25) is 0 Å². The minimum Gasteiger partial charge on any atom is -0.338 e. The molecule has 1 aliphatic heterocycles. The van der Waals surface area contributed by atoms with E-state index in [0.717, 1.165) is 12.1 Å². The quantitative estimate of drug-likeness (QED) is 0.907. The summed E-state index contributed by atoms with van der Waals surface area (Å²) in [6.07, 6.45) is 1.18. The molecule has 2 amide bonds. The first-order valence-electron chi connectivity index (χ1n) is 8.25. The van der Waals surface area contributed by atoms with Crippen molar-refractivity contribution in [1.29, 1.82) is 0 Å². The van der Waals surface area contributed by atoms with Gasteiger partial charge in [0.05, 0.1) is 11.6 Å². The van der Waals surface area contributed by atoms with Crippen LogP contribution in [0.5, 0.6) is 0 Å². The minimum atomic E-state index is -0.853. The van der Waals surface area contributed by atoms with Gasteiger partial charge in [0, 0.05) is 24.7 Å². The van der Waals surface area contributed by atoms with E-state index in [1.54, 1.807) is 0 Å². The Bertz CT molecular complexity index is 824. The molecule has 1 fully saturated rings. The van der Waals surface area contributed by atoms with E-state index >= 15 is 0 Å². The maximum absolute atomic E-state index is 13.7. The molecule has 0 radical (unpaired) electrons. The lowest BCUT2D eigenvalue weighted by molar-refractivity contribution is -0.121. The van der Waals surface area contributed by atoms with E-state index in [4.69, 9.17) is 0 Å². The summed E-state index contributed by atoms with van der Waals surface area (Å²) >= 11 is 0. The predicted octanol–water partition coefficient (Wildman–Crippen LogP) is 3.59. The topological polar surface area (TPSA) is 49.4 Å². The first kappa shape index (κ1) is 18.0. The molecule has 0 spiro atoms. The average Bonchev–Trinajstić information content (AvgIpc) is 2.64. The molecule has 0 bridgehead atoms. The van der Waals surface area contributed by atoms with Crippen LogP contribution in [0, 0.1) is 23.4 Å². The molecule has 0 unspecified atom stereocenters. The molecular weight excluding hydrogens is 345 g/mol. The van der Waals surface area contributed by atoms with Crippen molar-refractivity contribution >= 4 is 17.5 Å². The number of anilines is 1. The summed E-state index contributed by atoms with van der Waals surface area (Å²) in [7, 11) is 0. The third-order valence-electron chi connectivity index (χ3n) is 4.36. The van der Waals surface area contributed by atoms with Crippen molar-refractivity contribution in [2.45, 2.75) is 12.8 Å². The van der Waals surface area contributed by atoms with Crippen molar-refractivity contribution in [3.05, 3.63) is 65.5 Å². The molecule has 0 aromatic heterocycles. The predicted molar refractivity (Wildman–Crippen MR) is 90.0 cm³/mol. The van der Waals surface area contributed by atoms with Crippen molar-refractivity contribution in [3.8, 4) is 0 Å². The molecule has 4 nitrogen and oxygen atoms in total. The number of halogens is 3. The third kappa shape index (κ3) is 4.04. The lowest BCUT2D eigenvalue weighted by atomic mass is 9.96. The number of benzene rings is 2. The average molecular weight is 362 g/mol. The van der Waals surface area contributed by atoms with E-state index in [2.05, 4.69) is 5.32 Å². The highest BCUT2D eigenvalue weighted by atomic mass is 19.1. The van der Waals surface area contributed by atoms with Gasteiger partial charge in [-0.3, -0.25) is 9.59 Å². The zero-order chi connectivity index (χ0) is 18.7. The Morgan fingerprint density at radius 1 is 1.00 bits per heavy atom. The van der Waals surface area contributed by atoms with Gasteiger partial charge < -0.3 is 10.2 Å². The van der Waals surface area contributed by atoms with Crippen LogP contribution < -0.4 is 5.32 Å². The van der Waals surface area contributed by atoms with Gasteiger partial charge in [-0.2, -0.15) is 0 Å². The Morgan fingerprint density at radius 3 is 2.38 bits per heavy atom. The smallest absolute Gasteiger partial charge is 0.253 e. The molecular formula is C19H17F3N2O2. The molecule has 26 heavy (non-hydrogen) atoms. The van der Waals surface area contributed by atoms with E-state index < -0.39 is 29.3 Å². The number of nitrogens with one attached hydrogen (secondary N) is 1. The standard InChI is InChI=1S/C19H17F3N2O2/c20-14-5-3-12(4-6-14)19(26)24-9-1-2-13(11-24)18(25)23-17-8-7-15(21)10-16(17)22/h3-8,10,13H,1-2,9,11H2,(H,23,25)/t13-/m0/s1. The zero-order valence-corrected chi connectivity index (χ0v) is 13.8. The van der Waals surface area contributed by atoms with Gasteiger partial charge in [0.15, 0.2) is 0 Å². The fraction of sp³-hybridized carbons (Fsp3) is 0.263. The number of amides is 2. The molecule has 7 heteroatoms. The molecule has 1 atom stereocenters. The van der Waals surface area contributed by atoms with Crippen molar-refractivity contribution in [2.24, 2.45) is 5.92 Å². The van der Waals surface area contributed by atoms with Gasteiger partial charge in [0.1, 0.15) is 17.5 Å². The Labute approximate surface area is 148 Å². The number of carbonyl (C=O) groups excluding carboxylic acids is 2. The van der Waals surface area contributed by atoms with Crippen LogP contribution in [0.25, 0.3) is 0 Å². The van der Waals surface area contributed by atoms with Crippen LogP contribution in [-0.2, 0) is 4.79 Å². The number of hydrogen-bond donors (Lipinski definition) is 1. The summed E-state index contributed by atoms with van der Waals surface area (Å²) in [6, 6.07) is 8.12. The fourth-order valence-corrected chi connectivity index (χ4v) is 2.98. The summed E-state index contributed by atoms with van der Waals surface area (Å²) in [5, 5.41) is 2.45. The lowest BCUT2D eigenvalue weighted by Gasteiger charge is -2.32. The van der Waals surface area contributed by atoms with Gasteiger partial charge in [0.25, 0.3) is 5.91 Å². The summed E-state index contributed by atoms with van der Waals surface area (Å²) in [4.78, 5) is 26.4. The van der Waals surface area contributed by atoms with Gasteiger partial charge in [-0.05, 0) is 49.2 Å². The van der Waals surface area contributed by atoms with Crippen LogP contribution in [0.1, 0.15) is 23.2 Å². The SMILES string of the molecule is O=C(Nc1ccc(F)cc1F)[C@H]1CCCN(C(=O)c2ccc(F)cc2)C1. The van der Waals surface area contributed by atoms with Crippen molar-refractivity contribution in [3.63, 3.8) is 0 Å². The molecule has 0 aliphatic carbocycles. The Kier molecular flexibility index (Phi) is 5.25. The van der Waals surface area contributed by atoms with E-state index in [1.165, 1.54) is 29.2 Å². The molecule has 1 heterocycles. The number of carbonyl (C=O) groups is 2. The summed E-state index contributed by atoms with van der Waals surface area (Å²) < 4.78 is 39.6. The Hall–Kier alpha value is -2.83. The molecule has 2 aromatic rings. The van der Waals surface area contributed by atoms with Crippen molar-refractivity contribution in [1.82, 2.24) is 4.90 Å². The van der Waals surface area contributed by atoms with Gasteiger partial charge in [-0.15, -0.1) is 0 Å². The highest BCUT2D eigenvalue weighted by Gasteiger charge is 2.29. The molecule has 136 valence electrons. The highest BCUT2D eigenvalue weighted by molar-refractivity contribution is 5.96. The van der Waals surface area contributed by atoms with Crippen LogP contribution in [0.4, 0.5) is 18.9 Å². The largest absolute Gasteiger partial charge is 0.338 e. The molecule has 2 aromatic carbocycles. The molecule has 1 N–H and O–H groups in total. The normalized spacial score (nSPS) is 17.0. The molecule has 1 saturated heterocycles. The maximum Gasteiger partial charge on any atom is 0.253 e.